The van der Waals surface area contributed by atoms with E-state index in [4.69, 9.17) is 11.6 Å². The molecule has 2 amide bonds. The average molecular weight is 403 g/mol. The molecule has 0 fully saturated rings. The van der Waals surface area contributed by atoms with Crippen LogP contribution in [0, 0.1) is 13.8 Å². The minimum Gasteiger partial charge on any atom is -0.350 e. The number of hydrogen-bond donors (Lipinski definition) is 1. The molecule has 144 valence electrons. The monoisotopic (exact) mass is 402 g/mol. The molecular weight excluding hydrogens is 384 g/mol. The van der Waals surface area contributed by atoms with Gasteiger partial charge in [-0.3, -0.25) is 9.59 Å². The Labute approximate surface area is 174 Å². The van der Waals surface area contributed by atoms with Gasteiger partial charge in [0.1, 0.15) is 5.70 Å². The van der Waals surface area contributed by atoms with E-state index in [2.05, 4.69) is 11.4 Å². The molecule has 1 heterocycles. The normalized spacial score (nSPS) is 14.0. The van der Waals surface area contributed by atoms with Gasteiger partial charge in [0.25, 0.3) is 11.8 Å². The zero-order chi connectivity index (χ0) is 20.5. The molecule has 0 bridgehead atoms. The third kappa shape index (κ3) is 3.67. The lowest BCUT2D eigenvalue weighted by molar-refractivity contribution is -0.120. The molecule has 1 aliphatic heterocycles. The molecule has 0 unspecified atom stereocenters. The third-order valence-corrected chi connectivity index (χ3v) is 4.97. The molecule has 0 spiro atoms. The van der Waals surface area contributed by atoms with E-state index in [9.17, 15) is 9.59 Å². The summed E-state index contributed by atoms with van der Waals surface area (Å²) in [5, 5.41) is 3.76. The first-order chi connectivity index (χ1) is 13.9. The number of imide groups is 1. The van der Waals surface area contributed by atoms with Crippen LogP contribution >= 0.6 is 11.6 Å². The van der Waals surface area contributed by atoms with E-state index < -0.39 is 0 Å². The van der Waals surface area contributed by atoms with Crippen molar-refractivity contribution in [3.8, 4) is 0 Å². The Bertz CT molecular complexity index is 1120. The van der Waals surface area contributed by atoms with Crippen molar-refractivity contribution in [2.45, 2.75) is 13.8 Å². The van der Waals surface area contributed by atoms with Gasteiger partial charge in [-0.1, -0.05) is 48.0 Å². The lowest BCUT2D eigenvalue weighted by Crippen LogP contribution is -2.32. The summed E-state index contributed by atoms with van der Waals surface area (Å²) in [4.78, 5) is 27.8. The van der Waals surface area contributed by atoms with Gasteiger partial charge in [0.05, 0.1) is 11.3 Å². The Morgan fingerprint density at radius 1 is 0.793 bits per heavy atom. The number of nitrogens with zero attached hydrogens (tertiary/aromatic N) is 1. The van der Waals surface area contributed by atoms with Gasteiger partial charge >= 0.3 is 0 Å². The summed E-state index contributed by atoms with van der Waals surface area (Å²) < 4.78 is 0. The topological polar surface area (TPSA) is 49.4 Å². The van der Waals surface area contributed by atoms with Crippen molar-refractivity contribution in [1.29, 1.82) is 0 Å². The first-order valence-corrected chi connectivity index (χ1v) is 9.61. The molecule has 3 aromatic carbocycles. The molecule has 4 rings (SSSR count). The van der Waals surface area contributed by atoms with E-state index in [1.807, 2.05) is 32.0 Å². The predicted molar refractivity (Wildman–Crippen MR) is 117 cm³/mol. The molecule has 0 aliphatic carbocycles. The molecule has 4 nitrogen and oxygen atoms in total. The number of halogens is 1. The van der Waals surface area contributed by atoms with Crippen molar-refractivity contribution in [2.75, 3.05) is 10.2 Å². The van der Waals surface area contributed by atoms with Crippen molar-refractivity contribution in [2.24, 2.45) is 0 Å². The molecular formula is C24H19ClN2O2. The largest absolute Gasteiger partial charge is 0.350 e. The summed E-state index contributed by atoms with van der Waals surface area (Å²) in [6.07, 6.45) is 0. The molecule has 3 aromatic rings. The summed E-state index contributed by atoms with van der Waals surface area (Å²) in [6, 6.07) is 21.8. The van der Waals surface area contributed by atoms with Gasteiger partial charge in [-0.15, -0.1) is 0 Å². The van der Waals surface area contributed by atoms with Gasteiger partial charge in [0, 0.05) is 10.7 Å². The van der Waals surface area contributed by atoms with Crippen LogP contribution in [0.15, 0.2) is 78.5 Å². The maximum Gasteiger partial charge on any atom is 0.282 e. The van der Waals surface area contributed by atoms with Crippen LogP contribution in [0.4, 0.5) is 11.4 Å². The number of hydrogen-bond acceptors (Lipinski definition) is 3. The van der Waals surface area contributed by atoms with E-state index in [-0.39, 0.29) is 17.5 Å². The van der Waals surface area contributed by atoms with Crippen LogP contribution in [0.1, 0.15) is 16.7 Å². The summed E-state index contributed by atoms with van der Waals surface area (Å²) in [5.41, 5.74) is 4.65. The summed E-state index contributed by atoms with van der Waals surface area (Å²) in [6.45, 7) is 3.98. The highest BCUT2D eigenvalue weighted by molar-refractivity contribution is 6.46. The number of amides is 2. The van der Waals surface area contributed by atoms with Gasteiger partial charge < -0.3 is 5.32 Å². The molecule has 0 aromatic heterocycles. The smallest absolute Gasteiger partial charge is 0.282 e. The summed E-state index contributed by atoms with van der Waals surface area (Å²) >= 11 is 6.01. The van der Waals surface area contributed by atoms with Crippen LogP contribution < -0.4 is 10.2 Å². The second-order valence-corrected chi connectivity index (χ2v) is 7.48. The Morgan fingerprint density at radius 3 is 2.03 bits per heavy atom. The molecule has 0 saturated carbocycles. The third-order valence-electron chi connectivity index (χ3n) is 4.72. The summed E-state index contributed by atoms with van der Waals surface area (Å²) in [7, 11) is 0. The van der Waals surface area contributed by atoms with Crippen molar-refractivity contribution >= 4 is 40.4 Å². The second kappa shape index (κ2) is 7.57. The highest BCUT2D eigenvalue weighted by Gasteiger charge is 2.40. The standard InChI is InChI=1S/C24H19ClN2O2/c1-15-12-16(2)14-19(13-15)26-22-21(17-8-10-18(25)11-9-17)23(28)27(24(22)29)20-6-4-3-5-7-20/h3-14,26H,1-2H3. The molecule has 0 saturated heterocycles. The van der Waals surface area contributed by atoms with E-state index >= 15 is 0 Å². The molecule has 29 heavy (non-hydrogen) atoms. The number of anilines is 2. The fourth-order valence-corrected chi connectivity index (χ4v) is 3.66. The minimum absolute atomic E-state index is 0.256. The molecule has 1 N–H and O–H groups in total. The number of para-hydroxylation sites is 1. The highest BCUT2D eigenvalue weighted by Crippen LogP contribution is 2.34. The van der Waals surface area contributed by atoms with Crippen LogP contribution in [0.2, 0.25) is 5.02 Å². The Balaban J connectivity index is 1.84. The minimum atomic E-state index is -0.384. The van der Waals surface area contributed by atoms with Crippen molar-refractivity contribution in [3.63, 3.8) is 0 Å². The van der Waals surface area contributed by atoms with Gasteiger partial charge in [0.15, 0.2) is 0 Å². The zero-order valence-corrected chi connectivity index (χ0v) is 16.8. The number of aryl methyl sites for hydroxylation is 2. The fourth-order valence-electron chi connectivity index (χ4n) is 3.53. The van der Waals surface area contributed by atoms with Gasteiger partial charge in [-0.2, -0.15) is 0 Å². The Hall–Kier alpha value is -3.37. The molecule has 5 heteroatoms. The molecule has 1 aliphatic rings. The van der Waals surface area contributed by atoms with Crippen molar-refractivity contribution in [3.05, 3.63) is 100 Å². The van der Waals surface area contributed by atoms with Crippen molar-refractivity contribution < 1.29 is 9.59 Å². The quantitative estimate of drug-likeness (QED) is 0.598. The number of rotatable bonds is 4. The van der Waals surface area contributed by atoms with Crippen LogP contribution in [-0.2, 0) is 9.59 Å². The number of nitrogens with one attached hydrogen (secondary N) is 1. The Kier molecular flexibility index (Phi) is 4.95. The lowest BCUT2D eigenvalue weighted by atomic mass is 10.0. The Morgan fingerprint density at radius 2 is 1.41 bits per heavy atom. The van der Waals surface area contributed by atoms with E-state index in [0.717, 1.165) is 16.8 Å². The maximum atomic E-state index is 13.3. The maximum absolute atomic E-state index is 13.3. The highest BCUT2D eigenvalue weighted by atomic mass is 35.5. The van der Waals surface area contributed by atoms with E-state index in [0.29, 0.717) is 21.8 Å². The van der Waals surface area contributed by atoms with Crippen LogP contribution in [0.25, 0.3) is 5.57 Å². The second-order valence-electron chi connectivity index (χ2n) is 7.04. The predicted octanol–water partition coefficient (Wildman–Crippen LogP) is 5.35. The van der Waals surface area contributed by atoms with E-state index in [1.165, 1.54) is 4.90 Å². The lowest BCUT2D eigenvalue weighted by Gasteiger charge is -2.15. The molecule has 0 atom stereocenters. The number of benzene rings is 3. The van der Waals surface area contributed by atoms with E-state index in [1.54, 1.807) is 48.5 Å². The van der Waals surface area contributed by atoms with Gasteiger partial charge in [-0.05, 0) is 66.9 Å². The number of carbonyl (C=O) groups is 2. The first kappa shape index (κ1) is 19.0. The number of carbonyl (C=O) groups excluding carboxylic acids is 2. The molecule has 0 radical (unpaired) electrons. The first-order valence-electron chi connectivity index (χ1n) is 9.23. The average Bonchev–Trinajstić information content (AvgIpc) is 2.92. The van der Waals surface area contributed by atoms with Crippen LogP contribution in [-0.4, -0.2) is 11.8 Å². The van der Waals surface area contributed by atoms with Crippen molar-refractivity contribution in [1.82, 2.24) is 0 Å². The summed E-state index contributed by atoms with van der Waals surface area (Å²) in [5.74, 6) is -0.749. The van der Waals surface area contributed by atoms with Crippen LogP contribution in [0.3, 0.4) is 0 Å². The fraction of sp³-hybridized carbons (Fsp3) is 0.0833. The van der Waals surface area contributed by atoms with Crippen LogP contribution in [0.5, 0.6) is 0 Å². The SMILES string of the molecule is Cc1cc(C)cc(NC2=C(c3ccc(Cl)cc3)C(=O)N(c3ccccc3)C2=O)c1. The van der Waals surface area contributed by atoms with Gasteiger partial charge in [-0.25, -0.2) is 4.90 Å². The van der Waals surface area contributed by atoms with Gasteiger partial charge in [0.2, 0.25) is 0 Å². The zero-order valence-electron chi connectivity index (χ0n) is 16.1.